The van der Waals surface area contributed by atoms with Crippen LogP contribution in [0, 0.1) is 13.8 Å². The lowest BCUT2D eigenvalue weighted by Gasteiger charge is -2.16. The summed E-state index contributed by atoms with van der Waals surface area (Å²) in [6.45, 7) is 6.10. The number of hydrogen-bond acceptors (Lipinski definition) is 2. The fraction of sp³-hybridized carbons (Fsp3) is 0.263. The van der Waals surface area contributed by atoms with Gasteiger partial charge in [-0.2, -0.15) is 4.98 Å². The maximum atomic E-state index is 12.7. The summed E-state index contributed by atoms with van der Waals surface area (Å²) in [5.41, 5.74) is 4.35. The van der Waals surface area contributed by atoms with Crippen molar-refractivity contribution in [1.82, 2.24) is 9.55 Å². The van der Waals surface area contributed by atoms with E-state index in [0.717, 1.165) is 46.3 Å². The highest BCUT2D eigenvalue weighted by Crippen LogP contribution is 2.27. The van der Waals surface area contributed by atoms with Crippen molar-refractivity contribution in [3.63, 3.8) is 0 Å². The Kier molecular flexibility index (Phi) is 4.22. The van der Waals surface area contributed by atoms with Gasteiger partial charge in [0.15, 0.2) is 0 Å². The van der Waals surface area contributed by atoms with Gasteiger partial charge in [0.05, 0.1) is 16.9 Å². The number of fused-ring (bicyclic) bond motifs is 1. The lowest BCUT2D eigenvalue weighted by atomic mass is 10.0. The summed E-state index contributed by atoms with van der Waals surface area (Å²) in [6.07, 6.45) is 1.72. The van der Waals surface area contributed by atoms with Crippen LogP contribution in [0.25, 0.3) is 16.6 Å². The van der Waals surface area contributed by atoms with Crippen molar-refractivity contribution >= 4 is 22.5 Å². The maximum absolute atomic E-state index is 12.7. The molecule has 0 spiro atoms. The van der Waals surface area contributed by atoms with Gasteiger partial charge in [0, 0.05) is 10.4 Å². The van der Waals surface area contributed by atoms with Gasteiger partial charge >= 0.3 is 5.69 Å². The number of halogens is 1. The highest BCUT2D eigenvalue weighted by molar-refractivity contribution is 6.31. The first kappa shape index (κ1) is 15.8. The summed E-state index contributed by atoms with van der Waals surface area (Å²) in [7, 11) is 0. The fourth-order valence-corrected chi connectivity index (χ4v) is 3.33. The van der Waals surface area contributed by atoms with Gasteiger partial charge in [-0.15, -0.1) is 0 Å². The quantitative estimate of drug-likeness (QED) is 0.704. The lowest BCUT2D eigenvalue weighted by Crippen LogP contribution is -2.24. The van der Waals surface area contributed by atoms with Crippen LogP contribution in [0.15, 0.2) is 41.2 Å². The minimum Gasteiger partial charge on any atom is -0.260 e. The van der Waals surface area contributed by atoms with E-state index in [2.05, 4.69) is 11.9 Å². The molecule has 0 aliphatic carbocycles. The van der Waals surface area contributed by atoms with Gasteiger partial charge in [-0.1, -0.05) is 43.1 Å². The van der Waals surface area contributed by atoms with Crippen LogP contribution in [0.4, 0.5) is 0 Å². The lowest BCUT2D eigenvalue weighted by molar-refractivity contribution is 0.847. The molecule has 0 aliphatic heterocycles. The van der Waals surface area contributed by atoms with E-state index in [1.54, 1.807) is 4.57 Å². The molecule has 1 heterocycles. The van der Waals surface area contributed by atoms with Crippen LogP contribution < -0.4 is 5.69 Å². The van der Waals surface area contributed by atoms with Crippen molar-refractivity contribution in [2.75, 3.05) is 0 Å². The van der Waals surface area contributed by atoms with E-state index in [1.165, 1.54) is 0 Å². The third-order valence-corrected chi connectivity index (χ3v) is 4.29. The van der Waals surface area contributed by atoms with Gasteiger partial charge in [0.1, 0.15) is 0 Å². The van der Waals surface area contributed by atoms with Crippen LogP contribution in [0.3, 0.4) is 0 Å². The normalized spacial score (nSPS) is 11.1. The van der Waals surface area contributed by atoms with Gasteiger partial charge in [-0.25, -0.2) is 4.79 Å². The molecule has 0 atom stereocenters. The number of aryl methyl sites for hydroxylation is 3. The molecule has 0 amide bonds. The van der Waals surface area contributed by atoms with Crippen molar-refractivity contribution in [1.29, 1.82) is 0 Å². The van der Waals surface area contributed by atoms with E-state index in [4.69, 9.17) is 11.6 Å². The van der Waals surface area contributed by atoms with Crippen molar-refractivity contribution in [3.05, 3.63) is 68.7 Å². The third kappa shape index (κ3) is 2.77. The fourth-order valence-electron chi connectivity index (χ4n) is 3.07. The van der Waals surface area contributed by atoms with Crippen LogP contribution in [-0.2, 0) is 6.42 Å². The summed E-state index contributed by atoms with van der Waals surface area (Å²) in [6, 6.07) is 11.6. The molecular formula is C19H19ClN2O. The molecule has 0 fully saturated rings. The maximum Gasteiger partial charge on any atom is 0.352 e. The highest BCUT2D eigenvalue weighted by atomic mass is 35.5. The topological polar surface area (TPSA) is 34.9 Å². The van der Waals surface area contributed by atoms with Crippen molar-refractivity contribution in [2.24, 2.45) is 0 Å². The largest absolute Gasteiger partial charge is 0.352 e. The summed E-state index contributed by atoms with van der Waals surface area (Å²) in [5, 5.41) is 1.66. The Morgan fingerprint density at radius 3 is 2.57 bits per heavy atom. The zero-order valence-electron chi connectivity index (χ0n) is 13.6. The second-order valence-corrected chi connectivity index (χ2v) is 6.27. The Morgan fingerprint density at radius 1 is 1.13 bits per heavy atom. The Balaban J connectivity index is 2.49. The number of nitrogens with zero attached hydrogens (tertiary/aromatic N) is 2. The molecule has 4 heteroatoms. The van der Waals surface area contributed by atoms with Crippen molar-refractivity contribution < 1.29 is 0 Å². The molecule has 0 saturated carbocycles. The molecule has 118 valence electrons. The molecule has 3 rings (SSSR count). The molecular weight excluding hydrogens is 308 g/mol. The Bertz CT molecular complexity index is 944. The van der Waals surface area contributed by atoms with Gasteiger partial charge in [-0.05, 0) is 49.6 Å². The highest BCUT2D eigenvalue weighted by Gasteiger charge is 2.15. The first-order chi connectivity index (χ1) is 11.0. The summed E-state index contributed by atoms with van der Waals surface area (Å²) >= 11 is 6.27. The molecule has 0 N–H and O–H groups in total. The zero-order valence-corrected chi connectivity index (χ0v) is 14.3. The zero-order chi connectivity index (χ0) is 16.6. The molecule has 1 aromatic heterocycles. The van der Waals surface area contributed by atoms with E-state index in [9.17, 15) is 4.79 Å². The van der Waals surface area contributed by atoms with Gasteiger partial charge in [-0.3, -0.25) is 4.57 Å². The molecule has 23 heavy (non-hydrogen) atoms. The monoisotopic (exact) mass is 326 g/mol. The van der Waals surface area contributed by atoms with E-state index in [0.29, 0.717) is 5.02 Å². The van der Waals surface area contributed by atoms with E-state index < -0.39 is 0 Å². The summed E-state index contributed by atoms with van der Waals surface area (Å²) < 4.78 is 1.67. The molecule has 0 saturated heterocycles. The second kappa shape index (κ2) is 6.17. The number of rotatable bonds is 3. The summed E-state index contributed by atoms with van der Waals surface area (Å²) in [4.78, 5) is 17.1. The average Bonchev–Trinajstić information content (AvgIpc) is 2.48. The second-order valence-electron chi connectivity index (χ2n) is 5.83. The van der Waals surface area contributed by atoms with E-state index in [1.807, 2.05) is 50.2 Å². The van der Waals surface area contributed by atoms with Crippen LogP contribution in [0.1, 0.15) is 30.2 Å². The number of para-hydroxylation sites is 1. The van der Waals surface area contributed by atoms with Crippen molar-refractivity contribution in [3.8, 4) is 5.69 Å². The smallest absolute Gasteiger partial charge is 0.260 e. The molecule has 3 nitrogen and oxygen atoms in total. The molecule has 0 unspecified atom stereocenters. The number of aromatic nitrogens is 2. The minimum atomic E-state index is -0.253. The van der Waals surface area contributed by atoms with Crippen LogP contribution >= 0.6 is 11.6 Å². The standard InChI is InChI=1S/C19H19ClN2O/c1-4-7-15-18-13(3)10-14(20)11-17(18)22(19(23)21-15)16-9-6-5-8-12(16)2/h5-6,8-11H,4,7H2,1-3H3. The predicted octanol–water partition coefficient (Wildman–Crippen LogP) is 4.61. The van der Waals surface area contributed by atoms with Crippen molar-refractivity contribution in [2.45, 2.75) is 33.6 Å². The van der Waals surface area contributed by atoms with Gasteiger partial charge in [0.25, 0.3) is 0 Å². The van der Waals surface area contributed by atoms with Crippen LogP contribution in [0.5, 0.6) is 0 Å². The molecule has 0 aliphatic rings. The Labute approximate surface area is 140 Å². The average molecular weight is 327 g/mol. The first-order valence-electron chi connectivity index (χ1n) is 7.80. The predicted molar refractivity (Wildman–Crippen MR) is 95.8 cm³/mol. The number of benzene rings is 2. The molecule has 0 bridgehead atoms. The molecule has 2 aromatic carbocycles. The molecule has 0 radical (unpaired) electrons. The first-order valence-corrected chi connectivity index (χ1v) is 8.18. The van der Waals surface area contributed by atoms with Crippen LogP contribution in [-0.4, -0.2) is 9.55 Å². The Hall–Kier alpha value is -2.13. The van der Waals surface area contributed by atoms with Gasteiger partial charge < -0.3 is 0 Å². The van der Waals surface area contributed by atoms with E-state index >= 15 is 0 Å². The third-order valence-electron chi connectivity index (χ3n) is 4.07. The Morgan fingerprint density at radius 2 is 1.87 bits per heavy atom. The summed E-state index contributed by atoms with van der Waals surface area (Å²) in [5.74, 6) is 0. The van der Waals surface area contributed by atoms with Gasteiger partial charge in [0.2, 0.25) is 0 Å². The van der Waals surface area contributed by atoms with E-state index in [-0.39, 0.29) is 5.69 Å². The van der Waals surface area contributed by atoms with Crippen LogP contribution in [0.2, 0.25) is 5.02 Å². The minimum absolute atomic E-state index is 0.253. The number of hydrogen-bond donors (Lipinski definition) is 0. The molecule has 3 aromatic rings. The SMILES string of the molecule is CCCc1nc(=O)n(-c2ccccc2C)c2cc(Cl)cc(C)c12.